The predicted octanol–water partition coefficient (Wildman–Crippen LogP) is 3.18. The quantitative estimate of drug-likeness (QED) is 0.626. The lowest BCUT2D eigenvalue weighted by Gasteiger charge is -2.19. The average molecular weight is 241 g/mol. The van der Waals surface area contributed by atoms with Gasteiger partial charge in [0.25, 0.3) is 0 Å². The number of hydroxylamine groups is 1. The van der Waals surface area contributed by atoms with Gasteiger partial charge in [-0.1, -0.05) is 56.4 Å². The van der Waals surface area contributed by atoms with E-state index in [1.807, 2.05) is 30.3 Å². The van der Waals surface area contributed by atoms with Crippen LogP contribution in [-0.2, 0) is 0 Å². The fraction of sp³-hybridized carbons (Fsp3) is 0.364. The van der Waals surface area contributed by atoms with Crippen molar-refractivity contribution < 1.29 is 5.21 Å². The van der Waals surface area contributed by atoms with E-state index < -0.39 is 0 Å². The molecule has 82 valence electrons. The van der Waals surface area contributed by atoms with Crippen LogP contribution in [0.25, 0.3) is 0 Å². The van der Waals surface area contributed by atoms with Crippen LogP contribution in [0.5, 0.6) is 0 Å². The van der Waals surface area contributed by atoms with Crippen molar-refractivity contribution in [2.75, 3.05) is 0 Å². The summed E-state index contributed by atoms with van der Waals surface area (Å²) in [6.45, 7) is 4.22. The molecule has 0 radical (unpaired) electrons. The Morgan fingerprint density at radius 3 is 2.40 bits per heavy atom. The molecule has 0 saturated carbocycles. The summed E-state index contributed by atoms with van der Waals surface area (Å²) in [5.74, 6) is 0. The largest absolute Gasteiger partial charge is 0.291 e. The van der Waals surface area contributed by atoms with Crippen LogP contribution in [0.1, 0.15) is 24.7 Å². The van der Waals surface area contributed by atoms with E-state index in [4.69, 9.17) is 17.4 Å². The fourth-order valence-corrected chi connectivity index (χ4v) is 2.59. The zero-order chi connectivity index (χ0) is 11.3. The molecule has 1 atom stereocenters. The molecule has 0 aliphatic rings. The number of thiocarbonyl (C=S) groups is 1. The molecule has 0 fully saturated rings. The first-order valence-corrected chi connectivity index (χ1v) is 6.14. The Bertz CT molecular complexity index is 314. The minimum atomic E-state index is 0.0196. The molecule has 1 aromatic carbocycles. The van der Waals surface area contributed by atoms with Gasteiger partial charge in [0.05, 0.1) is 5.25 Å². The number of thioether (sulfide) groups is 1. The van der Waals surface area contributed by atoms with Crippen molar-refractivity contribution in [1.29, 1.82) is 0 Å². The molecular formula is C11H15NOS2. The normalized spacial score (nSPS) is 12.5. The molecule has 0 saturated heterocycles. The standard InChI is InChI=1S/C11H15NOS2/c1-8(2)15-10(11(14)12-13)9-6-4-3-5-7-9/h3-8,10,13H,1-2H3,(H,12,14). The molecule has 2 nitrogen and oxygen atoms in total. The molecule has 1 unspecified atom stereocenters. The van der Waals surface area contributed by atoms with E-state index in [0.29, 0.717) is 10.2 Å². The predicted molar refractivity (Wildman–Crippen MR) is 69.4 cm³/mol. The van der Waals surface area contributed by atoms with Gasteiger partial charge in [-0.15, -0.1) is 11.8 Å². The maximum atomic E-state index is 8.87. The molecule has 1 aromatic rings. The van der Waals surface area contributed by atoms with E-state index in [2.05, 4.69) is 19.3 Å². The molecule has 0 aliphatic heterocycles. The molecule has 0 heterocycles. The Labute approximate surface area is 100 Å². The van der Waals surface area contributed by atoms with Gasteiger partial charge >= 0.3 is 0 Å². The molecular weight excluding hydrogens is 226 g/mol. The Morgan fingerprint density at radius 2 is 1.93 bits per heavy atom. The molecule has 1 rings (SSSR count). The highest BCUT2D eigenvalue weighted by molar-refractivity contribution is 8.01. The highest BCUT2D eigenvalue weighted by Crippen LogP contribution is 2.32. The first-order valence-electron chi connectivity index (χ1n) is 4.79. The summed E-state index contributed by atoms with van der Waals surface area (Å²) >= 11 is 6.82. The number of benzene rings is 1. The molecule has 2 N–H and O–H groups in total. The van der Waals surface area contributed by atoms with E-state index >= 15 is 0 Å². The fourth-order valence-electron chi connectivity index (χ4n) is 1.25. The zero-order valence-electron chi connectivity index (χ0n) is 8.81. The maximum absolute atomic E-state index is 8.87. The summed E-state index contributed by atoms with van der Waals surface area (Å²) in [6, 6.07) is 9.95. The van der Waals surface area contributed by atoms with Crippen molar-refractivity contribution in [3.05, 3.63) is 35.9 Å². The highest BCUT2D eigenvalue weighted by Gasteiger charge is 2.18. The van der Waals surface area contributed by atoms with Crippen LogP contribution >= 0.6 is 24.0 Å². The van der Waals surface area contributed by atoms with E-state index in [1.165, 1.54) is 0 Å². The van der Waals surface area contributed by atoms with Crippen molar-refractivity contribution in [1.82, 2.24) is 5.48 Å². The van der Waals surface area contributed by atoms with E-state index in [0.717, 1.165) is 5.56 Å². The Hall–Kier alpha value is -0.580. The van der Waals surface area contributed by atoms with Gasteiger partial charge in [-0.05, 0) is 5.56 Å². The second-order valence-corrected chi connectivity index (χ2v) is 5.58. The van der Waals surface area contributed by atoms with Gasteiger partial charge in [0.1, 0.15) is 4.99 Å². The molecule has 4 heteroatoms. The van der Waals surface area contributed by atoms with E-state index in [1.54, 1.807) is 11.8 Å². The summed E-state index contributed by atoms with van der Waals surface area (Å²) in [5.41, 5.74) is 3.19. The van der Waals surface area contributed by atoms with Crippen LogP contribution in [0.4, 0.5) is 0 Å². The summed E-state index contributed by atoms with van der Waals surface area (Å²) < 4.78 is 0. The van der Waals surface area contributed by atoms with Crippen molar-refractivity contribution in [3.63, 3.8) is 0 Å². The van der Waals surface area contributed by atoms with E-state index in [-0.39, 0.29) is 5.25 Å². The van der Waals surface area contributed by atoms with Crippen molar-refractivity contribution in [3.8, 4) is 0 Å². The smallest absolute Gasteiger partial charge is 0.118 e. The Balaban J connectivity index is 2.86. The van der Waals surface area contributed by atoms with Crippen LogP contribution < -0.4 is 5.48 Å². The van der Waals surface area contributed by atoms with Gasteiger partial charge in [0, 0.05) is 5.25 Å². The van der Waals surface area contributed by atoms with Crippen LogP contribution in [0.15, 0.2) is 30.3 Å². The monoisotopic (exact) mass is 241 g/mol. The minimum Gasteiger partial charge on any atom is -0.291 e. The molecule has 0 spiro atoms. The van der Waals surface area contributed by atoms with Crippen LogP contribution in [0, 0.1) is 0 Å². The third-order valence-corrected chi connectivity index (χ3v) is 3.66. The van der Waals surface area contributed by atoms with Crippen LogP contribution in [0.2, 0.25) is 0 Å². The number of nitrogens with one attached hydrogen (secondary N) is 1. The topological polar surface area (TPSA) is 32.3 Å². The first-order chi connectivity index (χ1) is 7.15. The first kappa shape index (κ1) is 12.5. The lowest BCUT2D eigenvalue weighted by molar-refractivity contribution is 0.235. The SMILES string of the molecule is CC(C)SC(C(=S)NO)c1ccccc1. The lowest BCUT2D eigenvalue weighted by Crippen LogP contribution is -2.23. The summed E-state index contributed by atoms with van der Waals surface area (Å²) in [7, 11) is 0. The van der Waals surface area contributed by atoms with Crippen molar-refractivity contribution >= 4 is 29.0 Å². The highest BCUT2D eigenvalue weighted by atomic mass is 32.2. The van der Waals surface area contributed by atoms with Gasteiger partial charge in [0.2, 0.25) is 0 Å². The number of hydrogen-bond acceptors (Lipinski definition) is 3. The molecule has 0 aromatic heterocycles. The molecule has 0 bridgehead atoms. The molecule has 15 heavy (non-hydrogen) atoms. The van der Waals surface area contributed by atoms with Gasteiger partial charge in [-0.3, -0.25) is 10.7 Å². The second-order valence-electron chi connectivity index (χ2n) is 3.45. The van der Waals surface area contributed by atoms with Gasteiger partial charge in [0.15, 0.2) is 0 Å². The Kier molecular flexibility index (Phi) is 5.08. The number of hydrogen-bond donors (Lipinski definition) is 2. The summed E-state index contributed by atoms with van der Waals surface area (Å²) in [5, 5.41) is 9.35. The van der Waals surface area contributed by atoms with Crippen LogP contribution in [-0.4, -0.2) is 15.4 Å². The third-order valence-electron chi connectivity index (χ3n) is 1.86. The number of rotatable bonds is 4. The molecule has 0 aliphatic carbocycles. The third kappa shape index (κ3) is 3.81. The van der Waals surface area contributed by atoms with E-state index in [9.17, 15) is 0 Å². The van der Waals surface area contributed by atoms with Gasteiger partial charge in [-0.25, -0.2) is 0 Å². The van der Waals surface area contributed by atoms with Gasteiger partial charge in [-0.2, -0.15) is 0 Å². The van der Waals surface area contributed by atoms with Crippen molar-refractivity contribution in [2.24, 2.45) is 0 Å². The second kappa shape index (κ2) is 6.10. The lowest BCUT2D eigenvalue weighted by atomic mass is 10.1. The molecule has 0 amide bonds. The summed E-state index contributed by atoms with van der Waals surface area (Å²) in [6.07, 6.45) is 0. The van der Waals surface area contributed by atoms with Crippen LogP contribution in [0.3, 0.4) is 0 Å². The van der Waals surface area contributed by atoms with Crippen molar-refractivity contribution in [2.45, 2.75) is 24.3 Å². The Morgan fingerprint density at radius 1 is 1.33 bits per heavy atom. The average Bonchev–Trinajstić information content (AvgIpc) is 2.26. The summed E-state index contributed by atoms with van der Waals surface area (Å²) in [4.78, 5) is 0.458. The zero-order valence-corrected chi connectivity index (χ0v) is 10.4. The maximum Gasteiger partial charge on any atom is 0.118 e. The minimum absolute atomic E-state index is 0.0196. The van der Waals surface area contributed by atoms with Gasteiger partial charge < -0.3 is 0 Å².